The highest BCUT2D eigenvalue weighted by molar-refractivity contribution is 6.31. The fourth-order valence-electron chi connectivity index (χ4n) is 2.23. The van der Waals surface area contributed by atoms with E-state index in [9.17, 15) is 0 Å². The summed E-state index contributed by atoms with van der Waals surface area (Å²) in [6.45, 7) is 3.85. The summed E-state index contributed by atoms with van der Waals surface area (Å²) in [6.07, 6.45) is 2.81. The van der Waals surface area contributed by atoms with Crippen LogP contribution in [0.4, 0.5) is 0 Å². The maximum absolute atomic E-state index is 6.36. The lowest BCUT2D eigenvalue weighted by Gasteiger charge is -2.09. The summed E-state index contributed by atoms with van der Waals surface area (Å²) in [6, 6.07) is 14.5. The molecule has 0 atom stereocenters. The highest BCUT2D eigenvalue weighted by Gasteiger charge is 2.23. The molecule has 0 saturated heterocycles. The molecule has 0 unspecified atom stereocenters. The first kappa shape index (κ1) is 14.4. The van der Waals surface area contributed by atoms with E-state index in [0.29, 0.717) is 6.10 Å². The van der Waals surface area contributed by atoms with Crippen molar-refractivity contribution in [2.75, 3.05) is 6.54 Å². The molecule has 3 rings (SSSR count). The lowest BCUT2D eigenvalue weighted by Crippen LogP contribution is -2.11. The predicted octanol–water partition coefficient (Wildman–Crippen LogP) is 4.66. The molecule has 0 bridgehead atoms. The normalized spacial score (nSPS) is 14.2. The van der Waals surface area contributed by atoms with Gasteiger partial charge in [0.15, 0.2) is 0 Å². The fraction of sp³-hybridized carbons (Fsp3) is 0.333. The molecular weight excluding hydrogens is 282 g/mol. The van der Waals surface area contributed by atoms with E-state index >= 15 is 0 Å². The Morgan fingerprint density at radius 2 is 1.81 bits per heavy atom. The van der Waals surface area contributed by atoms with Crippen molar-refractivity contribution in [1.29, 1.82) is 0 Å². The zero-order valence-electron chi connectivity index (χ0n) is 12.2. The van der Waals surface area contributed by atoms with Gasteiger partial charge in [0, 0.05) is 11.6 Å². The first-order valence-electron chi connectivity index (χ1n) is 7.52. The molecule has 21 heavy (non-hydrogen) atoms. The third-order valence-corrected chi connectivity index (χ3v) is 3.99. The number of benzene rings is 2. The van der Waals surface area contributed by atoms with E-state index in [-0.39, 0.29) is 0 Å². The number of nitrogens with one attached hydrogen (secondary N) is 1. The second kappa shape index (κ2) is 6.50. The Kier molecular flexibility index (Phi) is 4.47. The van der Waals surface area contributed by atoms with Crippen molar-refractivity contribution in [3.05, 3.63) is 53.1 Å². The summed E-state index contributed by atoms with van der Waals surface area (Å²) < 4.78 is 5.77. The Labute approximate surface area is 131 Å². The second-order valence-corrected chi connectivity index (χ2v) is 5.84. The molecule has 0 aliphatic heterocycles. The Hall–Kier alpha value is -1.51. The van der Waals surface area contributed by atoms with E-state index in [1.165, 1.54) is 12.8 Å². The van der Waals surface area contributed by atoms with E-state index < -0.39 is 0 Å². The first-order chi connectivity index (χ1) is 10.3. The molecule has 0 radical (unpaired) electrons. The summed E-state index contributed by atoms with van der Waals surface area (Å²) >= 11 is 6.36. The molecule has 1 saturated carbocycles. The van der Waals surface area contributed by atoms with Crippen molar-refractivity contribution in [1.82, 2.24) is 5.32 Å². The Morgan fingerprint density at radius 3 is 2.43 bits per heavy atom. The van der Waals surface area contributed by atoms with Gasteiger partial charge in [0.2, 0.25) is 0 Å². The number of halogens is 1. The molecule has 1 fully saturated rings. The minimum atomic E-state index is 0.440. The van der Waals surface area contributed by atoms with Crippen LogP contribution in [0.15, 0.2) is 42.5 Å². The van der Waals surface area contributed by atoms with Gasteiger partial charge in [-0.1, -0.05) is 42.8 Å². The molecule has 110 valence electrons. The van der Waals surface area contributed by atoms with Gasteiger partial charge in [0.25, 0.3) is 0 Å². The van der Waals surface area contributed by atoms with Crippen molar-refractivity contribution in [2.24, 2.45) is 0 Å². The van der Waals surface area contributed by atoms with Crippen molar-refractivity contribution in [3.8, 4) is 16.9 Å². The molecule has 2 aromatic carbocycles. The highest BCUT2D eigenvalue weighted by atomic mass is 35.5. The van der Waals surface area contributed by atoms with Crippen molar-refractivity contribution >= 4 is 11.6 Å². The highest BCUT2D eigenvalue weighted by Crippen LogP contribution is 2.30. The number of rotatable bonds is 6. The molecule has 3 heteroatoms. The van der Waals surface area contributed by atoms with Gasteiger partial charge < -0.3 is 10.1 Å². The lowest BCUT2D eigenvalue weighted by molar-refractivity contribution is 0.303. The monoisotopic (exact) mass is 301 g/mol. The SMILES string of the molecule is CCNCc1ccc(-c2ccc(OC3CC3)cc2)cc1Cl. The van der Waals surface area contributed by atoms with Crippen LogP contribution in [0.1, 0.15) is 25.3 Å². The maximum Gasteiger partial charge on any atom is 0.119 e. The number of hydrogen-bond acceptors (Lipinski definition) is 2. The molecule has 0 heterocycles. The number of ether oxygens (including phenoxy) is 1. The minimum Gasteiger partial charge on any atom is -0.490 e. The van der Waals surface area contributed by atoms with E-state index in [4.69, 9.17) is 16.3 Å². The van der Waals surface area contributed by atoms with Gasteiger partial charge in [-0.25, -0.2) is 0 Å². The third-order valence-electron chi connectivity index (χ3n) is 3.63. The fourth-order valence-corrected chi connectivity index (χ4v) is 2.48. The molecule has 1 N–H and O–H groups in total. The van der Waals surface area contributed by atoms with Crippen LogP contribution >= 0.6 is 11.6 Å². The molecule has 0 amide bonds. The standard InChI is InChI=1S/C18H20ClNO/c1-2-20-12-15-4-3-14(11-18(15)19)13-5-7-16(8-6-13)21-17-9-10-17/h3-8,11,17,20H,2,9-10,12H2,1H3. The first-order valence-corrected chi connectivity index (χ1v) is 7.90. The van der Waals surface area contributed by atoms with Gasteiger partial charge >= 0.3 is 0 Å². The Bertz CT molecular complexity index is 605. The zero-order valence-corrected chi connectivity index (χ0v) is 13.0. The van der Waals surface area contributed by atoms with Crippen molar-refractivity contribution < 1.29 is 4.74 Å². The number of hydrogen-bond donors (Lipinski definition) is 1. The molecule has 0 aromatic heterocycles. The largest absolute Gasteiger partial charge is 0.490 e. The van der Waals surface area contributed by atoms with Gasteiger partial charge in [-0.2, -0.15) is 0 Å². The van der Waals surface area contributed by atoms with Crippen LogP contribution in [-0.2, 0) is 6.54 Å². The minimum absolute atomic E-state index is 0.440. The van der Waals surface area contributed by atoms with Crippen LogP contribution in [0.5, 0.6) is 5.75 Å². The van der Waals surface area contributed by atoms with Crippen molar-refractivity contribution in [2.45, 2.75) is 32.4 Å². The molecule has 2 aromatic rings. The second-order valence-electron chi connectivity index (χ2n) is 5.43. The predicted molar refractivity (Wildman–Crippen MR) is 87.9 cm³/mol. The van der Waals surface area contributed by atoms with Crippen LogP contribution in [0.3, 0.4) is 0 Å². The van der Waals surface area contributed by atoms with Crippen LogP contribution in [0.25, 0.3) is 11.1 Å². The third kappa shape index (κ3) is 3.78. The maximum atomic E-state index is 6.36. The van der Waals surface area contributed by atoms with E-state index in [1.54, 1.807) is 0 Å². The smallest absolute Gasteiger partial charge is 0.119 e. The summed E-state index contributed by atoms with van der Waals surface area (Å²) in [7, 11) is 0. The zero-order chi connectivity index (χ0) is 14.7. The summed E-state index contributed by atoms with van der Waals surface area (Å²) in [5.41, 5.74) is 3.43. The van der Waals surface area contributed by atoms with E-state index in [0.717, 1.165) is 40.6 Å². The van der Waals surface area contributed by atoms with Crippen LogP contribution in [0, 0.1) is 0 Å². The van der Waals surface area contributed by atoms with Crippen LogP contribution in [0.2, 0.25) is 5.02 Å². The van der Waals surface area contributed by atoms with Crippen molar-refractivity contribution in [3.63, 3.8) is 0 Å². The lowest BCUT2D eigenvalue weighted by atomic mass is 10.0. The quantitative estimate of drug-likeness (QED) is 0.838. The van der Waals surface area contributed by atoms with E-state index in [2.05, 4.69) is 36.5 Å². The Morgan fingerprint density at radius 1 is 1.10 bits per heavy atom. The molecule has 0 spiro atoms. The van der Waals surface area contributed by atoms with Crippen LogP contribution < -0.4 is 10.1 Å². The molecule has 2 nitrogen and oxygen atoms in total. The van der Waals surface area contributed by atoms with Gasteiger partial charge in [-0.3, -0.25) is 0 Å². The molecular formula is C18H20ClNO. The summed E-state index contributed by atoms with van der Waals surface area (Å²) in [5.74, 6) is 0.955. The van der Waals surface area contributed by atoms with Gasteiger partial charge in [0.05, 0.1) is 6.10 Å². The topological polar surface area (TPSA) is 21.3 Å². The van der Waals surface area contributed by atoms with Gasteiger partial charge in [-0.15, -0.1) is 0 Å². The average molecular weight is 302 g/mol. The van der Waals surface area contributed by atoms with Crippen LogP contribution in [-0.4, -0.2) is 12.6 Å². The summed E-state index contributed by atoms with van der Waals surface area (Å²) in [5, 5.41) is 4.11. The van der Waals surface area contributed by atoms with E-state index in [1.807, 2.05) is 18.2 Å². The van der Waals surface area contributed by atoms with Gasteiger partial charge in [-0.05, 0) is 54.3 Å². The molecule has 1 aliphatic carbocycles. The average Bonchev–Trinajstić information content (AvgIpc) is 3.31. The summed E-state index contributed by atoms with van der Waals surface area (Å²) in [4.78, 5) is 0. The Balaban J connectivity index is 1.74. The molecule has 1 aliphatic rings. The van der Waals surface area contributed by atoms with Gasteiger partial charge in [0.1, 0.15) is 5.75 Å².